The van der Waals surface area contributed by atoms with Gasteiger partial charge in [-0.2, -0.15) is 0 Å². The first-order valence-electron chi connectivity index (χ1n) is 20.0. The van der Waals surface area contributed by atoms with Crippen molar-refractivity contribution in [3.8, 4) is 0 Å². The van der Waals surface area contributed by atoms with Crippen LogP contribution in [0.2, 0.25) is 0 Å². The van der Waals surface area contributed by atoms with Crippen LogP contribution >= 0.6 is 0 Å². The van der Waals surface area contributed by atoms with Gasteiger partial charge < -0.3 is 36.8 Å². The van der Waals surface area contributed by atoms with Gasteiger partial charge in [0.1, 0.15) is 18.1 Å². The van der Waals surface area contributed by atoms with E-state index in [9.17, 15) is 24.0 Å². The lowest BCUT2D eigenvalue weighted by Crippen LogP contribution is -2.65. The summed E-state index contributed by atoms with van der Waals surface area (Å²) in [5.74, 6) is -0.619. The minimum Gasteiger partial charge on any atom is -0.343 e. The van der Waals surface area contributed by atoms with Gasteiger partial charge in [0, 0.05) is 51.5 Å². The summed E-state index contributed by atoms with van der Waals surface area (Å²) in [6.45, 7) is 7.54. The fourth-order valence-electron chi connectivity index (χ4n) is 7.75. The van der Waals surface area contributed by atoms with Crippen molar-refractivity contribution in [1.29, 1.82) is 0 Å². The molecule has 294 valence electrons. The van der Waals surface area contributed by atoms with Gasteiger partial charge in [0.25, 0.3) is 0 Å². The molecule has 54 heavy (non-hydrogen) atoms. The van der Waals surface area contributed by atoms with Crippen LogP contribution in [0.4, 0.5) is 0 Å². The molecule has 2 aromatic carbocycles. The Kier molecular flexibility index (Phi) is 15.0. The van der Waals surface area contributed by atoms with Crippen molar-refractivity contribution in [2.45, 2.75) is 102 Å². The van der Waals surface area contributed by atoms with E-state index in [1.165, 1.54) is 5.56 Å². The molecule has 0 bridgehead atoms. The number of amides is 5. The lowest BCUT2D eigenvalue weighted by molar-refractivity contribution is -0.153. The number of rotatable bonds is 20. The van der Waals surface area contributed by atoms with E-state index in [1.54, 1.807) is 6.92 Å². The third-order valence-corrected chi connectivity index (χ3v) is 11.4. The highest BCUT2D eigenvalue weighted by atomic mass is 16.2. The Morgan fingerprint density at radius 1 is 0.796 bits per heavy atom. The van der Waals surface area contributed by atoms with Crippen LogP contribution < -0.4 is 27.0 Å². The fourth-order valence-corrected chi connectivity index (χ4v) is 7.75. The average molecular weight is 744 g/mol. The van der Waals surface area contributed by atoms with Gasteiger partial charge in [-0.25, -0.2) is 0 Å². The van der Waals surface area contributed by atoms with Crippen LogP contribution in [0.3, 0.4) is 0 Å². The number of benzene rings is 2. The monoisotopic (exact) mass is 743 g/mol. The Labute approximate surface area is 320 Å². The van der Waals surface area contributed by atoms with E-state index in [0.29, 0.717) is 58.0 Å². The van der Waals surface area contributed by atoms with Crippen LogP contribution in [0.25, 0.3) is 0 Å². The molecule has 2 aromatic rings. The summed E-state index contributed by atoms with van der Waals surface area (Å²) < 4.78 is 0. The number of carbonyl (C=O) groups excluding carboxylic acids is 5. The lowest BCUT2D eigenvalue weighted by Gasteiger charge is -2.54. The summed E-state index contributed by atoms with van der Waals surface area (Å²) in [6, 6.07) is 17.1. The molecule has 0 radical (unpaired) electrons. The predicted octanol–water partition coefficient (Wildman–Crippen LogP) is 2.87. The smallest absolute Gasteiger partial charge is 0.245 e. The van der Waals surface area contributed by atoms with Crippen LogP contribution in [-0.2, 0) is 30.4 Å². The van der Waals surface area contributed by atoms with E-state index in [2.05, 4.69) is 40.3 Å². The van der Waals surface area contributed by atoms with E-state index in [4.69, 9.17) is 5.73 Å². The van der Waals surface area contributed by atoms with Crippen molar-refractivity contribution in [2.75, 3.05) is 45.8 Å². The Bertz CT molecular complexity index is 1540. The molecule has 5 amide bonds. The van der Waals surface area contributed by atoms with Gasteiger partial charge in [-0.15, -0.1) is 0 Å². The van der Waals surface area contributed by atoms with Gasteiger partial charge in [0.15, 0.2) is 0 Å². The van der Waals surface area contributed by atoms with Crippen LogP contribution in [0.15, 0.2) is 60.7 Å². The molecule has 0 unspecified atom stereocenters. The highest BCUT2D eigenvalue weighted by molar-refractivity contribution is 5.94. The number of unbranched alkanes of at least 4 members (excludes halogenated alkanes) is 2. The van der Waals surface area contributed by atoms with E-state index in [1.807, 2.05) is 58.3 Å². The molecule has 4 atom stereocenters. The number of likely N-dealkylation sites (tertiary alicyclic amines) is 2. The molecule has 1 aliphatic carbocycles. The molecule has 12 nitrogen and oxygen atoms in total. The largest absolute Gasteiger partial charge is 0.343 e. The molecule has 6 N–H and O–H groups in total. The second-order valence-corrected chi connectivity index (χ2v) is 15.9. The maximum absolute atomic E-state index is 14.0. The van der Waals surface area contributed by atoms with E-state index in [0.717, 1.165) is 50.5 Å². The Hall–Kier alpha value is -4.29. The Balaban J connectivity index is 1.21. The molecule has 2 heterocycles. The van der Waals surface area contributed by atoms with Gasteiger partial charge >= 0.3 is 0 Å². The van der Waals surface area contributed by atoms with Crippen molar-refractivity contribution in [1.82, 2.24) is 31.1 Å². The lowest BCUT2D eigenvalue weighted by atomic mass is 9.71. The maximum atomic E-state index is 14.0. The molecule has 1 spiro atoms. The zero-order chi connectivity index (χ0) is 38.5. The normalized spacial score (nSPS) is 18.5. The van der Waals surface area contributed by atoms with Crippen LogP contribution in [-0.4, -0.2) is 103 Å². The number of nitrogens with two attached hydrogens (primary N) is 1. The number of hydrogen-bond donors (Lipinski definition) is 5. The van der Waals surface area contributed by atoms with Crippen molar-refractivity contribution < 1.29 is 24.0 Å². The Morgan fingerprint density at radius 2 is 1.43 bits per heavy atom. The minimum atomic E-state index is -0.900. The number of nitrogens with zero attached hydrogens (tertiary/aromatic N) is 2. The summed E-state index contributed by atoms with van der Waals surface area (Å²) >= 11 is 0. The molecular formula is C42H61N7O5. The summed E-state index contributed by atoms with van der Waals surface area (Å²) in [5, 5.41) is 12.2. The van der Waals surface area contributed by atoms with E-state index < -0.39 is 24.0 Å². The van der Waals surface area contributed by atoms with Crippen molar-refractivity contribution in [2.24, 2.45) is 17.1 Å². The van der Waals surface area contributed by atoms with Crippen LogP contribution in [0.5, 0.6) is 0 Å². The second-order valence-electron chi connectivity index (χ2n) is 15.9. The van der Waals surface area contributed by atoms with E-state index in [-0.39, 0.29) is 47.9 Å². The summed E-state index contributed by atoms with van der Waals surface area (Å²) in [6.07, 6.45) is 7.34. The summed E-state index contributed by atoms with van der Waals surface area (Å²) in [7, 11) is 0. The van der Waals surface area contributed by atoms with Crippen molar-refractivity contribution >= 4 is 29.5 Å². The van der Waals surface area contributed by atoms with E-state index >= 15 is 0 Å². The fraction of sp³-hybridized carbons (Fsp3) is 0.595. The molecule has 5 rings (SSSR count). The molecule has 2 aliphatic heterocycles. The molecule has 0 aromatic heterocycles. The van der Waals surface area contributed by atoms with Gasteiger partial charge in [0.2, 0.25) is 29.5 Å². The van der Waals surface area contributed by atoms with Gasteiger partial charge in [-0.05, 0) is 61.6 Å². The Morgan fingerprint density at radius 3 is 2.06 bits per heavy atom. The molecule has 2 saturated heterocycles. The van der Waals surface area contributed by atoms with Gasteiger partial charge in [-0.3, -0.25) is 24.0 Å². The van der Waals surface area contributed by atoms with Gasteiger partial charge in [-0.1, -0.05) is 93.3 Å². The second kappa shape index (κ2) is 19.9. The molecule has 3 fully saturated rings. The van der Waals surface area contributed by atoms with Crippen molar-refractivity contribution in [3.63, 3.8) is 0 Å². The van der Waals surface area contributed by atoms with Crippen molar-refractivity contribution in [3.05, 3.63) is 71.8 Å². The minimum absolute atomic E-state index is 0.0199. The highest BCUT2D eigenvalue weighted by Gasteiger charge is 2.48. The maximum Gasteiger partial charge on any atom is 0.245 e. The first kappa shape index (κ1) is 40.9. The number of hydrogen-bond acceptors (Lipinski definition) is 7. The van der Waals surface area contributed by atoms with Crippen LogP contribution in [0.1, 0.15) is 88.7 Å². The molecule has 3 aliphatic rings. The van der Waals surface area contributed by atoms with Crippen LogP contribution in [0, 0.1) is 11.3 Å². The first-order valence-corrected chi connectivity index (χ1v) is 20.0. The highest BCUT2D eigenvalue weighted by Crippen LogP contribution is 2.41. The number of carbonyl (C=O) groups is 5. The number of piperidine rings is 1. The third-order valence-electron chi connectivity index (χ3n) is 11.4. The van der Waals surface area contributed by atoms with Gasteiger partial charge in [0.05, 0.1) is 6.54 Å². The zero-order valence-corrected chi connectivity index (χ0v) is 32.2. The third kappa shape index (κ3) is 12.1. The first-order chi connectivity index (χ1) is 26.1. The topological polar surface area (TPSA) is 166 Å². The average Bonchev–Trinajstić information content (AvgIpc) is 3.99. The number of nitrogens with one attached hydrogen (secondary N) is 4. The molecular weight excluding hydrogens is 683 g/mol. The molecule has 1 saturated carbocycles. The SMILES string of the molecule is CC(=O)N1CCC2(CC1)CN(C(=O)[C@@H](CCCCCN)NC(=O)[C@@H](CC1CC1)NC(=O)[C@@H](Cc1ccccc1)NC(=O)CNC[C@H](C)c1ccccc1)C2. The zero-order valence-electron chi connectivity index (χ0n) is 32.2. The summed E-state index contributed by atoms with van der Waals surface area (Å²) in [5.41, 5.74) is 7.81. The quantitative estimate of drug-likeness (QED) is 0.130. The predicted molar refractivity (Wildman–Crippen MR) is 209 cm³/mol. The standard InChI is InChI=1S/C42H61N7O5/c1-30(34-14-8-4-9-15-34)26-44-27-38(51)45-36(24-32-12-6-3-7-13-32)39(52)47-37(25-33-17-18-33)40(53)46-35(16-10-5-11-21-43)41(54)49-28-42(29-49)19-22-48(23-20-42)31(2)50/h3-4,6-9,12-15,30,33,35-37,44H,5,10-11,16-29,43H2,1-2H3,(H,45,51)(H,46,53)(H,47,52)/t30-,35+,36+,37+/m0/s1. The molecule has 12 heteroatoms. The summed E-state index contributed by atoms with van der Waals surface area (Å²) in [4.78, 5) is 70.7.